The third-order valence-corrected chi connectivity index (χ3v) is 3.36. The van der Waals surface area contributed by atoms with Gasteiger partial charge in [0.05, 0.1) is 5.69 Å². The minimum absolute atomic E-state index is 0.411. The smallest absolute Gasteiger partial charge is 0.147 e. The Morgan fingerprint density at radius 1 is 1.25 bits per heavy atom. The summed E-state index contributed by atoms with van der Waals surface area (Å²) in [5, 5.41) is 4.01. The molecule has 1 aliphatic rings. The molecule has 1 unspecified atom stereocenters. The fraction of sp³-hybridized carbons (Fsp3) is 0.308. The van der Waals surface area contributed by atoms with Gasteiger partial charge in [0.15, 0.2) is 0 Å². The molecule has 0 aliphatic heterocycles. The SMILES string of the molecule is Nc1conc1C1CCc2ccccc2C1. The number of fused-ring (bicyclic) bond motifs is 1. The summed E-state index contributed by atoms with van der Waals surface area (Å²) >= 11 is 0. The van der Waals surface area contributed by atoms with Crippen molar-refractivity contribution in [3.05, 3.63) is 47.3 Å². The number of hydrogen-bond donors (Lipinski definition) is 1. The maximum absolute atomic E-state index is 5.84. The lowest BCUT2D eigenvalue weighted by molar-refractivity contribution is 0.399. The number of nitrogens with two attached hydrogens (primary N) is 1. The zero-order valence-corrected chi connectivity index (χ0v) is 9.02. The van der Waals surface area contributed by atoms with E-state index in [0.717, 1.165) is 25.0 Å². The van der Waals surface area contributed by atoms with Crippen molar-refractivity contribution >= 4 is 5.69 Å². The molecule has 2 N–H and O–H groups in total. The van der Waals surface area contributed by atoms with E-state index in [1.165, 1.54) is 17.4 Å². The quantitative estimate of drug-likeness (QED) is 0.793. The van der Waals surface area contributed by atoms with Crippen molar-refractivity contribution in [2.45, 2.75) is 25.2 Å². The number of benzene rings is 1. The van der Waals surface area contributed by atoms with Crippen LogP contribution in [0.4, 0.5) is 5.69 Å². The molecule has 0 spiro atoms. The molecular weight excluding hydrogens is 200 g/mol. The number of aromatic nitrogens is 1. The molecule has 0 saturated heterocycles. The molecule has 1 heterocycles. The lowest BCUT2D eigenvalue weighted by Gasteiger charge is -2.23. The molecule has 16 heavy (non-hydrogen) atoms. The highest BCUT2D eigenvalue weighted by Crippen LogP contribution is 2.34. The lowest BCUT2D eigenvalue weighted by Crippen LogP contribution is -2.14. The van der Waals surface area contributed by atoms with Gasteiger partial charge in [-0.2, -0.15) is 0 Å². The summed E-state index contributed by atoms with van der Waals surface area (Å²) in [5.74, 6) is 0.411. The molecule has 3 rings (SSSR count). The average molecular weight is 214 g/mol. The predicted octanol–water partition coefficient (Wildman–Crippen LogP) is 2.53. The first-order valence-electron chi connectivity index (χ1n) is 5.61. The topological polar surface area (TPSA) is 52.0 Å². The Morgan fingerprint density at radius 2 is 2.06 bits per heavy atom. The molecule has 0 bridgehead atoms. The highest BCUT2D eigenvalue weighted by atomic mass is 16.5. The van der Waals surface area contributed by atoms with E-state index in [2.05, 4.69) is 29.4 Å². The second-order valence-corrected chi connectivity index (χ2v) is 4.36. The Bertz CT molecular complexity index is 504. The summed E-state index contributed by atoms with van der Waals surface area (Å²) in [4.78, 5) is 0. The van der Waals surface area contributed by atoms with Crippen molar-refractivity contribution in [1.29, 1.82) is 0 Å². The first-order valence-corrected chi connectivity index (χ1v) is 5.61. The van der Waals surface area contributed by atoms with E-state index in [0.29, 0.717) is 11.6 Å². The summed E-state index contributed by atoms with van der Waals surface area (Å²) in [7, 11) is 0. The standard InChI is InChI=1S/C13H14N2O/c14-12-8-16-15-13(12)11-6-5-9-3-1-2-4-10(9)7-11/h1-4,8,11H,5-7,14H2. The number of hydrogen-bond acceptors (Lipinski definition) is 3. The molecule has 1 aromatic carbocycles. The van der Waals surface area contributed by atoms with Crippen LogP contribution in [0.25, 0.3) is 0 Å². The molecule has 0 saturated carbocycles. The van der Waals surface area contributed by atoms with Gasteiger partial charge in [-0.3, -0.25) is 0 Å². The number of nitrogen functional groups attached to an aromatic ring is 1. The van der Waals surface area contributed by atoms with Crippen LogP contribution in [0.1, 0.15) is 29.2 Å². The van der Waals surface area contributed by atoms with Crippen LogP contribution >= 0.6 is 0 Å². The zero-order chi connectivity index (χ0) is 11.0. The zero-order valence-electron chi connectivity index (χ0n) is 9.02. The second-order valence-electron chi connectivity index (χ2n) is 4.36. The van der Waals surface area contributed by atoms with Crippen LogP contribution in [0.5, 0.6) is 0 Å². The Labute approximate surface area is 94.2 Å². The molecule has 1 aromatic heterocycles. The highest BCUT2D eigenvalue weighted by Gasteiger charge is 2.23. The summed E-state index contributed by atoms with van der Waals surface area (Å²) in [6.45, 7) is 0. The van der Waals surface area contributed by atoms with E-state index in [1.807, 2.05) is 0 Å². The molecule has 3 nitrogen and oxygen atoms in total. The van der Waals surface area contributed by atoms with E-state index < -0.39 is 0 Å². The monoisotopic (exact) mass is 214 g/mol. The number of rotatable bonds is 1. The second kappa shape index (κ2) is 3.67. The van der Waals surface area contributed by atoms with Crippen molar-refractivity contribution in [1.82, 2.24) is 5.16 Å². The van der Waals surface area contributed by atoms with Crippen LogP contribution in [0.15, 0.2) is 35.1 Å². The first-order chi connectivity index (χ1) is 7.84. The molecule has 82 valence electrons. The van der Waals surface area contributed by atoms with Crippen molar-refractivity contribution in [2.75, 3.05) is 5.73 Å². The third kappa shape index (κ3) is 1.48. The van der Waals surface area contributed by atoms with Crippen LogP contribution in [0, 0.1) is 0 Å². The van der Waals surface area contributed by atoms with Gasteiger partial charge in [-0.05, 0) is 30.4 Å². The molecule has 1 aliphatic carbocycles. The van der Waals surface area contributed by atoms with Crippen LogP contribution in [-0.4, -0.2) is 5.16 Å². The van der Waals surface area contributed by atoms with Gasteiger partial charge in [-0.25, -0.2) is 0 Å². The minimum atomic E-state index is 0.411. The van der Waals surface area contributed by atoms with Gasteiger partial charge in [0.2, 0.25) is 0 Å². The maximum Gasteiger partial charge on any atom is 0.147 e. The van der Waals surface area contributed by atoms with Crippen LogP contribution < -0.4 is 5.73 Å². The molecule has 1 atom stereocenters. The predicted molar refractivity (Wildman–Crippen MR) is 62.1 cm³/mol. The number of nitrogens with zero attached hydrogens (tertiary/aromatic N) is 1. The Morgan fingerprint density at radius 3 is 2.81 bits per heavy atom. The highest BCUT2D eigenvalue weighted by molar-refractivity contribution is 5.43. The fourth-order valence-electron chi connectivity index (χ4n) is 2.49. The van der Waals surface area contributed by atoms with E-state index in [-0.39, 0.29) is 0 Å². The van der Waals surface area contributed by atoms with Crippen molar-refractivity contribution in [2.24, 2.45) is 0 Å². The summed E-state index contributed by atoms with van der Waals surface area (Å²) in [5.41, 5.74) is 10.3. The average Bonchev–Trinajstić information content (AvgIpc) is 2.75. The first kappa shape index (κ1) is 9.46. The Kier molecular flexibility index (Phi) is 2.17. The normalized spacial score (nSPS) is 19.4. The Hall–Kier alpha value is -1.77. The molecular formula is C13H14N2O. The lowest BCUT2D eigenvalue weighted by atomic mass is 9.82. The van der Waals surface area contributed by atoms with Crippen LogP contribution in [0.2, 0.25) is 0 Å². The van der Waals surface area contributed by atoms with E-state index >= 15 is 0 Å². The fourth-order valence-corrected chi connectivity index (χ4v) is 2.49. The third-order valence-electron chi connectivity index (χ3n) is 3.36. The Balaban J connectivity index is 1.91. The van der Waals surface area contributed by atoms with E-state index in [9.17, 15) is 0 Å². The summed E-state index contributed by atoms with van der Waals surface area (Å²) < 4.78 is 4.91. The van der Waals surface area contributed by atoms with Gasteiger partial charge in [0, 0.05) is 5.92 Å². The number of aryl methyl sites for hydroxylation is 1. The van der Waals surface area contributed by atoms with Crippen molar-refractivity contribution in [3.63, 3.8) is 0 Å². The maximum atomic E-state index is 5.84. The van der Waals surface area contributed by atoms with Gasteiger partial charge in [-0.1, -0.05) is 29.4 Å². The molecule has 0 radical (unpaired) electrons. The van der Waals surface area contributed by atoms with Crippen LogP contribution in [-0.2, 0) is 12.8 Å². The molecule has 0 amide bonds. The molecule has 3 heteroatoms. The van der Waals surface area contributed by atoms with Gasteiger partial charge in [0.25, 0.3) is 0 Å². The van der Waals surface area contributed by atoms with Crippen molar-refractivity contribution < 1.29 is 4.52 Å². The molecule has 0 fully saturated rings. The van der Waals surface area contributed by atoms with Gasteiger partial charge in [0.1, 0.15) is 12.0 Å². The largest absolute Gasteiger partial charge is 0.395 e. The number of anilines is 1. The summed E-state index contributed by atoms with van der Waals surface area (Å²) in [6, 6.07) is 8.59. The minimum Gasteiger partial charge on any atom is -0.395 e. The molecule has 2 aromatic rings. The van der Waals surface area contributed by atoms with Crippen molar-refractivity contribution in [3.8, 4) is 0 Å². The van der Waals surface area contributed by atoms with Crippen LogP contribution in [0.3, 0.4) is 0 Å². The summed E-state index contributed by atoms with van der Waals surface area (Å²) in [6.07, 6.45) is 4.75. The van der Waals surface area contributed by atoms with Gasteiger partial charge in [-0.15, -0.1) is 0 Å². The van der Waals surface area contributed by atoms with Gasteiger partial charge < -0.3 is 10.3 Å². The van der Waals surface area contributed by atoms with E-state index in [4.69, 9.17) is 10.3 Å². The van der Waals surface area contributed by atoms with E-state index in [1.54, 1.807) is 0 Å². The van der Waals surface area contributed by atoms with Gasteiger partial charge >= 0.3 is 0 Å².